The molecule has 0 bridgehead atoms. The molecule has 0 radical (unpaired) electrons. The van der Waals surface area contributed by atoms with Crippen molar-refractivity contribution in [2.75, 3.05) is 7.11 Å². The Morgan fingerprint density at radius 1 is 1.35 bits per heavy atom. The molecule has 4 nitrogen and oxygen atoms in total. The van der Waals surface area contributed by atoms with Crippen molar-refractivity contribution in [1.29, 1.82) is 0 Å². The number of rotatable bonds is 3. The molecule has 0 aliphatic carbocycles. The van der Waals surface area contributed by atoms with Gasteiger partial charge in [0.1, 0.15) is 5.56 Å². The fraction of sp³-hybridized carbons (Fsp3) is 0.375. The van der Waals surface area contributed by atoms with Gasteiger partial charge in [-0.15, -0.1) is 13.2 Å². The second-order valence-electron chi connectivity index (χ2n) is 2.74. The smallest absolute Gasteiger partial charge is 0.503 e. The second kappa shape index (κ2) is 4.60. The summed E-state index contributed by atoms with van der Waals surface area (Å²) in [5, 5.41) is 9.11. The van der Waals surface area contributed by atoms with E-state index in [2.05, 4.69) is 14.5 Å². The summed E-state index contributed by atoms with van der Waals surface area (Å²) in [5.41, 5.74) is -1.26. The lowest BCUT2D eigenvalue weighted by Gasteiger charge is -2.15. The van der Waals surface area contributed by atoms with Crippen LogP contribution in [-0.4, -0.2) is 23.6 Å². The zero-order chi connectivity index (χ0) is 13.2. The highest BCUT2D eigenvalue weighted by atomic mass is 19.4. The Morgan fingerprint density at radius 2 is 1.94 bits per heavy atom. The van der Waals surface area contributed by atoms with E-state index < -0.39 is 35.7 Å². The van der Waals surface area contributed by atoms with Crippen LogP contribution in [0.4, 0.5) is 22.0 Å². The van der Waals surface area contributed by atoms with Crippen LogP contribution in [0, 0.1) is 0 Å². The zero-order valence-electron chi connectivity index (χ0n) is 8.26. The molecule has 0 spiro atoms. The van der Waals surface area contributed by atoms with Crippen molar-refractivity contribution in [2.24, 2.45) is 0 Å². The Hall–Kier alpha value is -1.80. The largest absolute Gasteiger partial charge is 0.574 e. The summed E-state index contributed by atoms with van der Waals surface area (Å²) in [5.74, 6) is -2.98. The standard InChI is InChI=1S/C8H6F5NO3/c1-16-5-3(15)2-14-7(4(5)6(9)10)17-8(11,12)13/h2,6,15H,1H3. The van der Waals surface area contributed by atoms with E-state index in [0.717, 1.165) is 7.11 Å². The Morgan fingerprint density at radius 3 is 2.35 bits per heavy atom. The lowest BCUT2D eigenvalue weighted by atomic mass is 10.2. The molecule has 1 rings (SSSR count). The number of pyridine rings is 1. The predicted octanol–water partition coefficient (Wildman–Crippen LogP) is 2.63. The number of methoxy groups -OCH3 is 1. The van der Waals surface area contributed by atoms with Crippen LogP contribution >= 0.6 is 0 Å². The maximum Gasteiger partial charge on any atom is 0.574 e. The van der Waals surface area contributed by atoms with Gasteiger partial charge < -0.3 is 14.6 Å². The number of aromatic nitrogens is 1. The Balaban J connectivity index is 3.30. The highest BCUT2D eigenvalue weighted by Gasteiger charge is 2.36. The average Bonchev–Trinajstić information content (AvgIpc) is 2.17. The Bertz CT molecular complexity index is 407. The first kappa shape index (κ1) is 13.3. The number of halogens is 5. The van der Waals surface area contributed by atoms with Crippen LogP contribution < -0.4 is 9.47 Å². The number of alkyl halides is 5. The molecule has 9 heteroatoms. The first-order valence-electron chi connectivity index (χ1n) is 4.06. The molecular formula is C8H6F5NO3. The summed E-state index contributed by atoms with van der Waals surface area (Å²) in [6, 6.07) is 0. The van der Waals surface area contributed by atoms with E-state index in [4.69, 9.17) is 5.11 Å². The Kier molecular flexibility index (Phi) is 3.59. The predicted molar refractivity (Wildman–Crippen MR) is 44.1 cm³/mol. The minimum absolute atomic E-state index is 0.520. The van der Waals surface area contributed by atoms with Crippen molar-refractivity contribution in [1.82, 2.24) is 4.98 Å². The summed E-state index contributed by atoms with van der Waals surface area (Å²) in [6.07, 6.45) is -7.99. The molecule has 0 aromatic carbocycles. The van der Waals surface area contributed by atoms with Crippen molar-refractivity contribution < 1.29 is 36.5 Å². The zero-order valence-corrected chi connectivity index (χ0v) is 8.26. The van der Waals surface area contributed by atoms with Gasteiger partial charge in [-0.1, -0.05) is 0 Å². The van der Waals surface area contributed by atoms with Crippen LogP contribution in [0.3, 0.4) is 0 Å². The quantitative estimate of drug-likeness (QED) is 0.848. The maximum absolute atomic E-state index is 12.6. The van der Waals surface area contributed by atoms with Gasteiger partial charge in [0.2, 0.25) is 5.88 Å². The molecule has 0 aliphatic heterocycles. The molecule has 0 saturated heterocycles. The van der Waals surface area contributed by atoms with Gasteiger partial charge in [-0.05, 0) is 0 Å². The van der Waals surface area contributed by atoms with Crippen molar-refractivity contribution in [2.45, 2.75) is 12.8 Å². The first-order chi connectivity index (χ1) is 7.76. The molecule has 96 valence electrons. The summed E-state index contributed by atoms with van der Waals surface area (Å²) in [6.45, 7) is 0. The van der Waals surface area contributed by atoms with Crippen LogP contribution in [0.5, 0.6) is 17.4 Å². The van der Waals surface area contributed by atoms with Crippen molar-refractivity contribution in [3.05, 3.63) is 11.8 Å². The van der Waals surface area contributed by atoms with Gasteiger partial charge in [0.15, 0.2) is 11.5 Å². The number of hydrogen-bond donors (Lipinski definition) is 1. The minimum atomic E-state index is -5.17. The van der Waals surface area contributed by atoms with E-state index in [-0.39, 0.29) is 0 Å². The molecular weight excluding hydrogens is 253 g/mol. The van der Waals surface area contributed by atoms with E-state index in [1.165, 1.54) is 0 Å². The van der Waals surface area contributed by atoms with Gasteiger partial charge >= 0.3 is 6.36 Å². The molecule has 0 atom stereocenters. The third-order valence-corrected chi connectivity index (χ3v) is 1.65. The van der Waals surface area contributed by atoms with E-state index in [1.807, 2.05) is 0 Å². The summed E-state index contributed by atoms with van der Waals surface area (Å²) in [7, 11) is 0.915. The maximum atomic E-state index is 12.6. The lowest BCUT2D eigenvalue weighted by molar-refractivity contribution is -0.276. The van der Waals surface area contributed by atoms with Crippen LogP contribution in [0.15, 0.2) is 6.20 Å². The van der Waals surface area contributed by atoms with Gasteiger partial charge in [-0.3, -0.25) is 0 Å². The third kappa shape index (κ3) is 3.08. The van der Waals surface area contributed by atoms with E-state index >= 15 is 0 Å². The Labute approximate surface area is 91.6 Å². The average molecular weight is 259 g/mol. The molecule has 0 fully saturated rings. The van der Waals surface area contributed by atoms with Crippen LogP contribution in [0.2, 0.25) is 0 Å². The summed E-state index contributed by atoms with van der Waals surface area (Å²) < 4.78 is 68.5. The van der Waals surface area contributed by atoms with Gasteiger partial charge in [0.25, 0.3) is 6.43 Å². The molecule has 0 aliphatic rings. The molecule has 1 aromatic rings. The van der Waals surface area contributed by atoms with Crippen LogP contribution in [0.25, 0.3) is 0 Å². The molecule has 0 unspecified atom stereocenters. The first-order valence-corrected chi connectivity index (χ1v) is 4.06. The topological polar surface area (TPSA) is 51.6 Å². The molecule has 0 saturated carbocycles. The summed E-state index contributed by atoms with van der Waals surface area (Å²) in [4.78, 5) is 2.94. The van der Waals surface area contributed by atoms with Crippen molar-refractivity contribution in [3.63, 3.8) is 0 Å². The fourth-order valence-corrected chi connectivity index (χ4v) is 1.08. The fourth-order valence-electron chi connectivity index (χ4n) is 1.08. The normalized spacial score (nSPS) is 11.7. The van der Waals surface area contributed by atoms with Crippen molar-refractivity contribution in [3.8, 4) is 17.4 Å². The monoisotopic (exact) mass is 259 g/mol. The minimum Gasteiger partial charge on any atom is -0.503 e. The molecule has 1 aromatic heterocycles. The van der Waals surface area contributed by atoms with Gasteiger partial charge in [0, 0.05) is 0 Å². The highest BCUT2D eigenvalue weighted by Crippen LogP contribution is 2.42. The number of ether oxygens (including phenoxy) is 2. The SMILES string of the molecule is COc1c(O)cnc(OC(F)(F)F)c1C(F)F. The lowest BCUT2D eigenvalue weighted by Crippen LogP contribution is -2.19. The number of aromatic hydroxyl groups is 1. The van der Waals surface area contributed by atoms with Gasteiger partial charge in [-0.25, -0.2) is 13.8 Å². The van der Waals surface area contributed by atoms with E-state index in [0.29, 0.717) is 6.20 Å². The highest BCUT2D eigenvalue weighted by molar-refractivity contribution is 5.49. The molecule has 0 amide bonds. The second-order valence-corrected chi connectivity index (χ2v) is 2.74. The van der Waals surface area contributed by atoms with Crippen molar-refractivity contribution >= 4 is 0 Å². The van der Waals surface area contributed by atoms with Gasteiger partial charge in [-0.2, -0.15) is 0 Å². The third-order valence-electron chi connectivity index (χ3n) is 1.65. The van der Waals surface area contributed by atoms with Crippen LogP contribution in [0.1, 0.15) is 12.0 Å². The molecule has 1 heterocycles. The van der Waals surface area contributed by atoms with E-state index in [9.17, 15) is 22.0 Å². The number of nitrogens with zero attached hydrogens (tertiary/aromatic N) is 1. The molecule has 1 N–H and O–H groups in total. The molecule has 17 heavy (non-hydrogen) atoms. The van der Waals surface area contributed by atoms with Gasteiger partial charge in [0.05, 0.1) is 13.3 Å². The summed E-state index contributed by atoms with van der Waals surface area (Å²) >= 11 is 0. The van der Waals surface area contributed by atoms with E-state index in [1.54, 1.807) is 0 Å². The van der Waals surface area contributed by atoms with Crippen LogP contribution in [-0.2, 0) is 0 Å². The number of hydrogen-bond acceptors (Lipinski definition) is 4.